The maximum absolute atomic E-state index is 10.5. The molecule has 5 heteroatoms. The van der Waals surface area contributed by atoms with Gasteiger partial charge in [-0.25, -0.2) is 15.0 Å². The molecule has 0 spiro atoms. The molecule has 0 aliphatic rings. The second kappa shape index (κ2) is 2.37. The molecule has 2 aromatic heterocycles. The van der Waals surface area contributed by atoms with E-state index in [1.54, 1.807) is 6.92 Å². The van der Waals surface area contributed by atoms with Gasteiger partial charge >= 0.3 is 0 Å². The summed E-state index contributed by atoms with van der Waals surface area (Å²) in [5.41, 5.74) is 1.48. The summed E-state index contributed by atoms with van der Waals surface area (Å²) in [5.74, 6) is 0.730. The van der Waals surface area contributed by atoms with Gasteiger partial charge in [0.1, 0.15) is 23.4 Å². The predicted octanol–water partition coefficient (Wildman–Crippen LogP) is 0.474. The first-order chi connectivity index (χ1) is 5.81. The number of fused-ring (bicyclic) bond motifs is 1. The van der Waals surface area contributed by atoms with E-state index in [0.29, 0.717) is 23.1 Å². The van der Waals surface area contributed by atoms with Crippen LogP contribution in [0.2, 0.25) is 0 Å². The van der Waals surface area contributed by atoms with Crippen molar-refractivity contribution in [2.24, 2.45) is 0 Å². The molecular weight excluding hydrogens is 156 g/mol. The first-order valence-corrected chi connectivity index (χ1v) is 3.44. The maximum Gasteiger partial charge on any atom is 0.181 e. The molecule has 2 aromatic rings. The van der Waals surface area contributed by atoms with Crippen molar-refractivity contribution in [3.8, 4) is 0 Å². The molecule has 0 aliphatic heterocycles. The number of hydrogen-bond acceptors (Lipinski definition) is 4. The van der Waals surface area contributed by atoms with Crippen LogP contribution >= 0.6 is 0 Å². The molecule has 0 atom stereocenters. The summed E-state index contributed by atoms with van der Waals surface area (Å²) < 4.78 is 0. The topological polar surface area (TPSA) is 71.5 Å². The molecule has 0 saturated carbocycles. The molecule has 2 heterocycles. The van der Waals surface area contributed by atoms with Gasteiger partial charge in [-0.15, -0.1) is 0 Å². The van der Waals surface area contributed by atoms with E-state index in [9.17, 15) is 4.79 Å². The lowest BCUT2D eigenvalue weighted by molar-refractivity contribution is 0.112. The summed E-state index contributed by atoms with van der Waals surface area (Å²) in [4.78, 5) is 25.1. The number of hydrogen-bond donors (Lipinski definition) is 1. The molecule has 12 heavy (non-hydrogen) atoms. The molecule has 0 bridgehead atoms. The van der Waals surface area contributed by atoms with Crippen LogP contribution in [0, 0.1) is 6.92 Å². The molecule has 5 nitrogen and oxygen atoms in total. The molecule has 0 amide bonds. The number of aromatic nitrogens is 4. The minimum absolute atomic E-state index is 0.348. The Balaban J connectivity index is 2.86. The Bertz CT molecular complexity index is 434. The number of aryl methyl sites for hydroxylation is 1. The second-order valence-corrected chi connectivity index (χ2v) is 2.40. The molecule has 1 N–H and O–H groups in total. The Morgan fingerprint density at radius 3 is 3.08 bits per heavy atom. The molecule has 0 fully saturated rings. The summed E-state index contributed by atoms with van der Waals surface area (Å²) in [5, 5.41) is 0. The Kier molecular flexibility index (Phi) is 1.36. The molecule has 0 aromatic carbocycles. The van der Waals surface area contributed by atoms with Crippen LogP contribution in [0.1, 0.15) is 16.3 Å². The van der Waals surface area contributed by atoms with Crippen LogP contribution in [0.4, 0.5) is 0 Å². The van der Waals surface area contributed by atoms with Crippen molar-refractivity contribution >= 4 is 17.5 Å². The van der Waals surface area contributed by atoms with Crippen molar-refractivity contribution in [3.63, 3.8) is 0 Å². The average molecular weight is 162 g/mol. The van der Waals surface area contributed by atoms with Crippen molar-refractivity contribution in [2.45, 2.75) is 6.92 Å². The molecule has 60 valence electrons. The van der Waals surface area contributed by atoms with Gasteiger partial charge in [-0.2, -0.15) is 0 Å². The number of H-pyrrole nitrogens is 1. The number of nitrogens with zero attached hydrogens (tertiary/aromatic N) is 3. The molecule has 0 saturated heterocycles. The number of rotatable bonds is 1. The zero-order valence-corrected chi connectivity index (χ0v) is 6.40. The van der Waals surface area contributed by atoms with Crippen molar-refractivity contribution in [3.05, 3.63) is 17.8 Å². The van der Waals surface area contributed by atoms with E-state index in [0.717, 1.165) is 5.82 Å². The zero-order chi connectivity index (χ0) is 8.55. The van der Waals surface area contributed by atoms with E-state index >= 15 is 0 Å². The second-order valence-electron chi connectivity index (χ2n) is 2.40. The highest BCUT2D eigenvalue weighted by atomic mass is 16.1. The first-order valence-electron chi connectivity index (χ1n) is 3.44. The van der Waals surface area contributed by atoms with E-state index in [4.69, 9.17) is 0 Å². The number of nitrogens with one attached hydrogen (secondary N) is 1. The van der Waals surface area contributed by atoms with Crippen LogP contribution in [0.25, 0.3) is 11.2 Å². The van der Waals surface area contributed by atoms with Crippen LogP contribution < -0.4 is 0 Å². The predicted molar refractivity (Wildman–Crippen MR) is 41.8 cm³/mol. The molecule has 0 unspecified atom stereocenters. The summed E-state index contributed by atoms with van der Waals surface area (Å²) in [6.07, 6.45) is 2.01. The van der Waals surface area contributed by atoms with Crippen molar-refractivity contribution in [2.75, 3.05) is 0 Å². The third-order valence-electron chi connectivity index (χ3n) is 1.55. The number of aldehydes is 1. The average Bonchev–Trinajstić information content (AvgIpc) is 2.44. The monoisotopic (exact) mass is 162 g/mol. The third-order valence-corrected chi connectivity index (χ3v) is 1.55. The number of carbonyl (C=O) groups is 1. The van der Waals surface area contributed by atoms with Crippen molar-refractivity contribution in [1.82, 2.24) is 19.9 Å². The molecular formula is C7H6N4O. The minimum atomic E-state index is 0.348. The number of carbonyl (C=O) groups excluding carboxylic acids is 1. The number of aromatic amines is 1. The fraction of sp³-hybridized carbons (Fsp3) is 0.143. The lowest BCUT2D eigenvalue weighted by Gasteiger charge is -1.88. The fourth-order valence-electron chi connectivity index (χ4n) is 1.05. The van der Waals surface area contributed by atoms with Gasteiger partial charge in [-0.3, -0.25) is 4.79 Å². The quantitative estimate of drug-likeness (QED) is 0.619. The van der Waals surface area contributed by atoms with Crippen LogP contribution in [0.15, 0.2) is 6.33 Å². The van der Waals surface area contributed by atoms with E-state index in [1.165, 1.54) is 6.33 Å². The smallest absolute Gasteiger partial charge is 0.181 e. The Morgan fingerprint density at radius 1 is 1.50 bits per heavy atom. The summed E-state index contributed by atoms with van der Waals surface area (Å²) >= 11 is 0. The van der Waals surface area contributed by atoms with Gasteiger partial charge in [0.05, 0.1) is 0 Å². The molecule has 0 aliphatic carbocycles. The fourth-order valence-corrected chi connectivity index (χ4v) is 1.05. The van der Waals surface area contributed by atoms with E-state index < -0.39 is 0 Å². The van der Waals surface area contributed by atoms with E-state index in [-0.39, 0.29) is 0 Å². The van der Waals surface area contributed by atoms with Gasteiger partial charge in [0.25, 0.3) is 0 Å². The van der Waals surface area contributed by atoms with Gasteiger partial charge in [0.15, 0.2) is 11.9 Å². The van der Waals surface area contributed by atoms with Gasteiger partial charge in [0.2, 0.25) is 0 Å². The highest BCUT2D eigenvalue weighted by Crippen LogP contribution is 2.08. The summed E-state index contributed by atoms with van der Waals surface area (Å²) in [6, 6.07) is 0. The lowest BCUT2D eigenvalue weighted by Crippen LogP contribution is -1.89. The maximum atomic E-state index is 10.5. The highest BCUT2D eigenvalue weighted by Gasteiger charge is 2.05. The third kappa shape index (κ3) is 0.868. The summed E-state index contributed by atoms with van der Waals surface area (Å²) in [7, 11) is 0. The normalized spacial score (nSPS) is 10.4. The SMILES string of the molecule is Cc1nc2ncnc(C=O)c2[nH]1. The van der Waals surface area contributed by atoms with Gasteiger partial charge in [0, 0.05) is 0 Å². The largest absolute Gasteiger partial charge is 0.339 e. The molecule has 0 radical (unpaired) electrons. The zero-order valence-electron chi connectivity index (χ0n) is 6.40. The van der Waals surface area contributed by atoms with E-state index in [1.807, 2.05) is 0 Å². The van der Waals surface area contributed by atoms with Crippen molar-refractivity contribution in [1.29, 1.82) is 0 Å². The Morgan fingerprint density at radius 2 is 2.33 bits per heavy atom. The first kappa shape index (κ1) is 6.90. The van der Waals surface area contributed by atoms with Crippen LogP contribution in [0.3, 0.4) is 0 Å². The van der Waals surface area contributed by atoms with Crippen LogP contribution in [-0.2, 0) is 0 Å². The standard InChI is InChI=1S/C7H6N4O/c1-4-10-6-5(2-12)8-3-9-7(6)11-4/h2-3H,1H3,(H,8,9,10,11). The van der Waals surface area contributed by atoms with Gasteiger partial charge in [-0.1, -0.05) is 0 Å². The molecule has 2 rings (SSSR count). The van der Waals surface area contributed by atoms with Gasteiger partial charge < -0.3 is 4.98 Å². The van der Waals surface area contributed by atoms with Gasteiger partial charge in [-0.05, 0) is 6.92 Å². The van der Waals surface area contributed by atoms with Crippen molar-refractivity contribution < 1.29 is 4.79 Å². The highest BCUT2D eigenvalue weighted by molar-refractivity contribution is 5.89. The van der Waals surface area contributed by atoms with Crippen LogP contribution in [0.5, 0.6) is 0 Å². The number of imidazole rings is 1. The van der Waals surface area contributed by atoms with E-state index in [2.05, 4.69) is 19.9 Å². The van der Waals surface area contributed by atoms with Crippen LogP contribution in [-0.4, -0.2) is 26.2 Å². The summed E-state index contributed by atoms with van der Waals surface area (Å²) in [6.45, 7) is 1.80. The lowest BCUT2D eigenvalue weighted by atomic mass is 10.4. The minimum Gasteiger partial charge on any atom is -0.339 e. The Labute approximate surface area is 67.9 Å². The Hall–Kier alpha value is -1.78.